The molecular weight excluding hydrogens is 246 g/mol. The number of nitrogens with zero attached hydrogens (tertiary/aromatic N) is 1. The molecule has 1 aliphatic carbocycles. The van der Waals surface area contributed by atoms with Crippen molar-refractivity contribution in [2.45, 2.75) is 32.2 Å². The van der Waals surface area contributed by atoms with Gasteiger partial charge in [0.25, 0.3) is 11.6 Å². The molecule has 0 aliphatic heterocycles. The van der Waals surface area contributed by atoms with Crippen LogP contribution < -0.4 is 11.1 Å². The van der Waals surface area contributed by atoms with E-state index in [9.17, 15) is 14.9 Å². The summed E-state index contributed by atoms with van der Waals surface area (Å²) in [4.78, 5) is 22.1. The van der Waals surface area contributed by atoms with Crippen LogP contribution in [-0.4, -0.2) is 16.9 Å². The Morgan fingerprint density at radius 3 is 2.68 bits per heavy atom. The lowest BCUT2D eigenvalue weighted by Gasteiger charge is -2.31. The van der Waals surface area contributed by atoms with Crippen molar-refractivity contribution in [3.05, 3.63) is 33.9 Å². The Labute approximate surface area is 111 Å². The highest BCUT2D eigenvalue weighted by atomic mass is 16.6. The normalized spacial score (nSPS) is 16.5. The first-order valence-corrected chi connectivity index (χ1v) is 6.34. The van der Waals surface area contributed by atoms with Crippen LogP contribution in [0.25, 0.3) is 0 Å². The average Bonchev–Trinajstić information content (AvgIpc) is 2.25. The number of rotatable bonds is 4. The van der Waals surface area contributed by atoms with Gasteiger partial charge in [0, 0.05) is 17.7 Å². The predicted octanol–water partition coefficient (Wildman–Crippen LogP) is 2.10. The highest BCUT2D eigenvalue weighted by Gasteiger charge is 2.25. The molecule has 1 atom stereocenters. The molecule has 1 saturated carbocycles. The molecule has 1 aromatic rings. The molecule has 0 heterocycles. The molecule has 6 nitrogen and oxygen atoms in total. The van der Waals surface area contributed by atoms with E-state index in [1.165, 1.54) is 24.6 Å². The maximum Gasteiger partial charge on any atom is 0.292 e. The minimum Gasteiger partial charge on any atom is -0.393 e. The zero-order valence-electron chi connectivity index (χ0n) is 10.8. The van der Waals surface area contributed by atoms with Gasteiger partial charge in [-0.3, -0.25) is 14.9 Å². The fourth-order valence-corrected chi connectivity index (χ4v) is 2.21. The summed E-state index contributed by atoms with van der Waals surface area (Å²) in [5.74, 6) is 0.306. The van der Waals surface area contributed by atoms with Crippen LogP contribution in [0.2, 0.25) is 0 Å². The van der Waals surface area contributed by atoms with Crippen LogP contribution >= 0.6 is 0 Å². The number of nitrogens with one attached hydrogen (secondary N) is 1. The van der Waals surface area contributed by atoms with Crippen LogP contribution in [0, 0.1) is 16.0 Å². The number of benzene rings is 1. The second-order valence-corrected chi connectivity index (χ2v) is 4.98. The maximum atomic E-state index is 12.0. The van der Waals surface area contributed by atoms with Crippen molar-refractivity contribution in [2.75, 3.05) is 5.73 Å². The Morgan fingerprint density at radius 1 is 1.53 bits per heavy atom. The first kappa shape index (κ1) is 13.3. The number of carbonyl (C=O) groups excluding carboxylic acids is 1. The van der Waals surface area contributed by atoms with E-state index in [4.69, 9.17) is 5.73 Å². The van der Waals surface area contributed by atoms with Crippen LogP contribution in [0.15, 0.2) is 18.2 Å². The van der Waals surface area contributed by atoms with Crippen molar-refractivity contribution in [2.24, 2.45) is 5.92 Å². The second-order valence-electron chi connectivity index (χ2n) is 4.98. The smallest absolute Gasteiger partial charge is 0.292 e. The molecule has 0 saturated heterocycles. The third-order valence-electron chi connectivity index (χ3n) is 3.70. The van der Waals surface area contributed by atoms with Gasteiger partial charge in [-0.1, -0.05) is 6.42 Å². The van der Waals surface area contributed by atoms with Crippen LogP contribution in [0.5, 0.6) is 0 Å². The Hall–Kier alpha value is -2.11. The molecule has 3 N–H and O–H groups in total. The molecule has 0 bridgehead atoms. The Kier molecular flexibility index (Phi) is 3.69. The lowest BCUT2D eigenvalue weighted by Crippen LogP contribution is -2.40. The first-order chi connectivity index (χ1) is 8.99. The van der Waals surface area contributed by atoms with Crippen molar-refractivity contribution < 1.29 is 9.72 Å². The van der Waals surface area contributed by atoms with Crippen molar-refractivity contribution in [3.63, 3.8) is 0 Å². The Morgan fingerprint density at radius 2 is 2.21 bits per heavy atom. The van der Waals surface area contributed by atoms with Crippen LogP contribution in [-0.2, 0) is 0 Å². The van der Waals surface area contributed by atoms with Crippen molar-refractivity contribution in [3.8, 4) is 0 Å². The summed E-state index contributed by atoms with van der Waals surface area (Å²) < 4.78 is 0. The van der Waals surface area contributed by atoms with E-state index in [0.29, 0.717) is 11.5 Å². The number of nitro groups is 1. The van der Waals surface area contributed by atoms with Gasteiger partial charge in [0.1, 0.15) is 5.69 Å². The number of anilines is 1. The van der Waals surface area contributed by atoms with E-state index in [1.54, 1.807) is 0 Å². The van der Waals surface area contributed by atoms with Gasteiger partial charge in [-0.25, -0.2) is 0 Å². The van der Waals surface area contributed by atoms with Gasteiger partial charge in [0.2, 0.25) is 0 Å². The van der Waals surface area contributed by atoms with Crippen molar-refractivity contribution in [1.29, 1.82) is 0 Å². The lowest BCUT2D eigenvalue weighted by atomic mass is 9.80. The zero-order valence-corrected chi connectivity index (χ0v) is 10.8. The van der Waals surface area contributed by atoms with Crippen molar-refractivity contribution >= 4 is 17.3 Å². The topological polar surface area (TPSA) is 98.3 Å². The number of nitrogens with two attached hydrogens (primary N) is 1. The third-order valence-corrected chi connectivity index (χ3v) is 3.70. The van der Waals surface area contributed by atoms with Crippen LogP contribution in [0.1, 0.15) is 36.5 Å². The Bertz CT molecular complexity index is 512. The second kappa shape index (κ2) is 5.26. The molecule has 0 spiro atoms. The largest absolute Gasteiger partial charge is 0.393 e. The predicted molar refractivity (Wildman–Crippen MR) is 71.8 cm³/mol. The molecule has 2 rings (SSSR count). The first-order valence-electron chi connectivity index (χ1n) is 6.34. The molecule has 6 heteroatoms. The molecule has 1 unspecified atom stereocenters. The van der Waals surface area contributed by atoms with Gasteiger partial charge in [-0.05, 0) is 37.8 Å². The molecule has 102 valence electrons. The van der Waals surface area contributed by atoms with E-state index in [-0.39, 0.29) is 23.3 Å². The summed E-state index contributed by atoms with van der Waals surface area (Å²) >= 11 is 0. The fourth-order valence-electron chi connectivity index (χ4n) is 2.21. The maximum absolute atomic E-state index is 12.0. The number of hydrogen-bond acceptors (Lipinski definition) is 4. The number of carbonyl (C=O) groups is 1. The monoisotopic (exact) mass is 263 g/mol. The number of nitro benzene ring substituents is 1. The summed E-state index contributed by atoms with van der Waals surface area (Å²) in [6.07, 6.45) is 3.50. The fraction of sp³-hybridized carbons (Fsp3) is 0.462. The molecule has 1 aromatic carbocycles. The Balaban J connectivity index is 2.06. The highest BCUT2D eigenvalue weighted by molar-refractivity contribution is 5.95. The van der Waals surface area contributed by atoms with Gasteiger partial charge < -0.3 is 11.1 Å². The quantitative estimate of drug-likeness (QED) is 0.493. The van der Waals surface area contributed by atoms with Gasteiger partial charge in [-0.2, -0.15) is 0 Å². The van der Waals surface area contributed by atoms with E-state index in [2.05, 4.69) is 5.32 Å². The highest BCUT2D eigenvalue weighted by Crippen LogP contribution is 2.29. The SMILES string of the molecule is CC(NC(=O)c1ccc([N+](=O)[O-])c(N)c1)C1CCC1. The number of amides is 1. The molecule has 1 amide bonds. The van der Waals surface area contributed by atoms with E-state index < -0.39 is 4.92 Å². The van der Waals surface area contributed by atoms with Gasteiger partial charge >= 0.3 is 0 Å². The van der Waals surface area contributed by atoms with E-state index in [1.807, 2.05) is 6.92 Å². The molecular formula is C13H17N3O3. The number of hydrogen-bond donors (Lipinski definition) is 2. The van der Waals surface area contributed by atoms with Gasteiger partial charge in [0.05, 0.1) is 4.92 Å². The summed E-state index contributed by atoms with van der Waals surface area (Å²) in [5, 5.41) is 13.6. The summed E-state index contributed by atoms with van der Waals surface area (Å²) in [7, 11) is 0. The minimum atomic E-state index is -0.562. The molecule has 19 heavy (non-hydrogen) atoms. The lowest BCUT2D eigenvalue weighted by molar-refractivity contribution is -0.383. The number of nitrogen functional groups attached to an aromatic ring is 1. The van der Waals surface area contributed by atoms with Crippen LogP contribution in [0.3, 0.4) is 0 Å². The molecule has 0 aromatic heterocycles. The zero-order chi connectivity index (χ0) is 14.0. The third kappa shape index (κ3) is 2.83. The summed E-state index contributed by atoms with van der Waals surface area (Å²) in [6, 6.07) is 4.16. The molecule has 1 aliphatic rings. The van der Waals surface area contributed by atoms with Gasteiger partial charge in [0.15, 0.2) is 0 Å². The van der Waals surface area contributed by atoms with Gasteiger partial charge in [-0.15, -0.1) is 0 Å². The molecule has 1 fully saturated rings. The molecule has 0 radical (unpaired) electrons. The average molecular weight is 263 g/mol. The van der Waals surface area contributed by atoms with Crippen molar-refractivity contribution in [1.82, 2.24) is 5.32 Å². The van der Waals surface area contributed by atoms with Crippen LogP contribution in [0.4, 0.5) is 11.4 Å². The van der Waals surface area contributed by atoms with E-state index in [0.717, 1.165) is 12.8 Å². The van der Waals surface area contributed by atoms with E-state index >= 15 is 0 Å². The summed E-state index contributed by atoms with van der Waals surface area (Å²) in [6.45, 7) is 1.98. The summed E-state index contributed by atoms with van der Waals surface area (Å²) in [5.41, 5.74) is 5.75. The minimum absolute atomic E-state index is 0.00828. The standard InChI is InChI=1S/C13H17N3O3/c1-8(9-3-2-4-9)15-13(17)10-5-6-12(16(18)19)11(14)7-10/h5-9H,2-4,14H2,1H3,(H,15,17).